The number of esters is 1. The molecule has 0 atom stereocenters. The summed E-state index contributed by atoms with van der Waals surface area (Å²) in [6.45, 7) is 2.49. The molecule has 0 bridgehead atoms. The normalized spacial score (nSPS) is 15.1. The second kappa shape index (κ2) is 8.93. The number of carbonyl (C=O) groups is 2. The highest BCUT2D eigenvalue weighted by atomic mass is 32.2. The first-order chi connectivity index (χ1) is 14.2. The fraction of sp³-hybridized carbons (Fsp3) is 0.333. The Morgan fingerprint density at radius 1 is 1.03 bits per heavy atom. The number of amides is 1. The van der Waals surface area contributed by atoms with Crippen molar-refractivity contribution in [2.24, 2.45) is 0 Å². The van der Waals surface area contributed by atoms with Crippen molar-refractivity contribution in [3.05, 3.63) is 65.0 Å². The van der Waals surface area contributed by atoms with Gasteiger partial charge in [-0.1, -0.05) is 18.2 Å². The third-order valence-electron chi connectivity index (χ3n) is 5.09. The molecule has 0 N–H and O–H groups in total. The summed E-state index contributed by atoms with van der Waals surface area (Å²) in [5, 5.41) is 0. The summed E-state index contributed by atoms with van der Waals surface area (Å²) >= 11 is 0. The number of methoxy groups -OCH3 is 1. The zero-order chi connectivity index (χ0) is 21.9. The van der Waals surface area contributed by atoms with Gasteiger partial charge in [-0.05, 0) is 42.3 Å². The van der Waals surface area contributed by atoms with Gasteiger partial charge in [-0.2, -0.15) is 4.31 Å². The van der Waals surface area contributed by atoms with Crippen LogP contribution in [0, 0.1) is 12.7 Å². The van der Waals surface area contributed by atoms with Crippen molar-refractivity contribution in [1.82, 2.24) is 9.21 Å². The molecule has 3 rings (SSSR count). The van der Waals surface area contributed by atoms with Gasteiger partial charge in [0.1, 0.15) is 5.82 Å². The SMILES string of the molecule is COC(=O)c1ccc(C)c(S(=O)(=O)N2CCN(C(=O)Cc3ccc(F)cc3)CC2)c1. The second-order valence-corrected chi connectivity index (χ2v) is 8.97. The highest BCUT2D eigenvalue weighted by Gasteiger charge is 2.31. The van der Waals surface area contributed by atoms with Gasteiger partial charge < -0.3 is 9.64 Å². The van der Waals surface area contributed by atoms with E-state index in [-0.39, 0.29) is 54.8 Å². The number of piperazine rings is 1. The van der Waals surface area contributed by atoms with E-state index in [1.54, 1.807) is 30.0 Å². The standard InChI is InChI=1S/C21H23FN2O5S/c1-15-3-6-17(21(26)29-2)14-19(15)30(27,28)24-11-9-23(10-12-24)20(25)13-16-4-7-18(22)8-5-16/h3-8,14H,9-13H2,1-2H3. The van der Waals surface area contributed by atoms with Crippen LogP contribution in [0.4, 0.5) is 4.39 Å². The van der Waals surface area contributed by atoms with Gasteiger partial charge in [-0.3, -0.25) is 4.79 Å². The first kappa shape index (κ1) is 21.9. The van der Waals surface area contributed by atoms with Crippen molar-refractivity contribution in [1.29, 1.82) is 0 Å². The molecule has 1 aliphatic rings. The fourth-order valence-corrected chi connectivity index (χ4v) is 5.00. The van der Waals surface area contributed by atoms with E-state index in [0.717, 1.165) is 0 Å². The van der Waals surface area contributed by atoms with Gasteiger partial charge in [-0.25, -0.2) is 17.6 Å². The number of rotatable bonds is 5. The van der Waals surface area contributed by atoms with E-state index < -0.39 is 16.0 Å². The van der Waals surface area contributed by atoms with Crippen LogP contribution in [0.15, 0.2) is 47.4 Å². The lowest BCUT2D eigenvalue weighted by atomic mass is 10.1. The topological polar surface area (TPSA) is 84.0 Å². The number of sulfonamides is 1. The average molecular weight is 434 g/mol. The Bertz CT molecular complexity index is 1050. The molecule has 30 heavy (non-hydrogen) atoms. The van der Waals surface area contributed by atoms with Crippen LogP contribution in [0.1, 0.15) is 21.5 Å². The van der Waals surface area contributed by atoms with Crippen molar-refractivity contribution >= 4 is 21.9 Å². The lowest BCUT2D eigenvalue weighted by molar-refractivity contribution is -0.131. The monoisotopic (exact) mass is 434 g/mol. The number of hydrogen-bond donors (Lipinski definition) is 0. The molecule has 1 saturated heterocycles. The summed E-state index contributed by atoms with van der Waals surface area (Å²) in [6.07, 6.45) is 0.132. The molecule has 160 valence electrons. The zero-order valence-corrected chi connectivity index (χ0v) is 17.6. The first-order valence-electron chi connectivity index (χ1n) is 9.43. The molecule has 0 aliphatic carbocycles. The molecule has 0 unspecified atom stereocenters. The summed E-state index contributed by atoms with van der Waals surface area (Å²) in [6, 6.07) is 10.1. The largest absolute Gasteiger partial charge is 0.465 e. The summed E-state index contributed by atoms with van der Waals surface area (Å²) < 4.78 is 45.2. The maximum absolute atomic E-state index is 13.1. The van der Waals surface area contributed by atoms with Crippen molar-refractivity contribution < 1.29 is 27.1 Å². The van der Waals surface area contributed by atoms with Crippen LogP contribution in [0.25, 0.3) is 0 Å². The predicted octanol–water partition coefficient (Wildman–Crippen LogP) is 2.00. The van der Waals surface area contributed by atoms with Crippen molar-refractivity contribution in [2.75, 3.05) is 33.3 Å². The summed E-state index contributed by atoms with van der Waals surface area (Å²) in [5.74, 6) is -1.11. The number of ether oxygens (including phenoxy) is 1. The molecule has 2 aromatic rings. The van der Waals surface area contributed by atoms with Crippen LogP contribution in [-0.4, -0.2) is 62.8 Å². The van der Waals surface area contributed by atoms with Crippen molar-refractivity contribution in [3.8, 4) is 0 Å². The molecular weight excluding hydrogens is 411 g/mol. The summed E-state index contributed by atoms with van der Waals surface area (Å²) in [5.41, 5.74) is 1.39. The second-order valence-electron chi connectivity index (χ2n) is 7.06. The van der Waals surface area contributed by atoms with E-state index in [2.05, 4.69) is 4.74 Å². The van der Waals surface area contributed by atoms with Gasteiger partial charge in [0.15, 0.2) is 0 Å². The molecule has 0 aromatic heterocycles. The molecule has 0 radical (unpaired) electrons. The Morgan fingerprint density at radius 2 is 1.67 bits per heavy atom. The van der Waals surface area contributed by atoms with Crippen LogP contribution >= 0.6 is 0 Å². The summed E-state index contributed by atoms with van der Waals surface area (Å²) in [4.78, 5) is 25.9. The molecule has 1 heterocycles. The number of carbonyl (C=O) groups excluding carboxylic acids is 2. The number of hydrogen-bond acceptors (Lipinski definition) is 5. The Kier molecular flexibility index (Phi) is 6.52. The maximum Gasteiger partial charge on any atom is 0.337 e. The third-order valence-corrected chi connectivity index (χ3v) is 7.13. The molecule has 1 fully saturated rings. The molecule has 0 spiro atoms. The smallest absolute Gasteiger partial charge is 0.337 e. The predicted molar refractivity (Wildman–Crippen MR) is 108 cm³/mol. The number of aryl methyl sites for hydroxylation is 1. The van der Waals surface area contributed by atoms with Gasteiger partial charge in [0.25, 0.3) is 0 Å². The molecule has 1 aliphatic heterocycles. The van der Waals surface area contributed by atoms with Crippen LogP contribution in [0.2, 0.25) is 0 Å². The first-order valence-corrected chi connectivity index (χ1v) is 10.9. The van der Waals surface area contributed by atoms with Gasteiger partial charge >= 0.3 is 5.97 Å². The number of nitrogens with zero attached hydrogens (tertiary/aromatic N) is 2. The van der Waals surface area contributed by atoms with Crippen LogP contribution in [-0.2, 0) is 26.0 Å². The maximum atomic E-state index is 13.1. The van der Waals surface area contributed by atoms with E-state index in [1.165, 1.54) is 35.7 Å². The lowest BCUT2D eigenvalue weighted by Crippen LogP contribution is -2.51. The highest BCUT2D eigenvalue weighted by Crippen LogP contribution is 2.23. The molecule has 7 nitrogen and oxygen atoms in total. The molecule has 2 aromatic carbocycles. The summed E-state index contributed by atoms with van der Waals surface area (Å²) in [7, 11) is -2.59. The van der Waals surface area contributed by atoms with E-state index in [9.17, 15) is 22.4 Å². The van der Waals surface area contributed by atoms with Gasteiger partial charge in [0.2, 0.25) is 15.9 Å². The Balaban J connectivity index is 1.68. The Morgan fingerprint density at radius 3 is 2.27 bits per heavy atom. The van der Waals surface area contributed by atoms with Crippen LogP contribution in [0.5, 0.6) is 0 Å². The lowest BCUT2D eigenvalue weighted by Gasteiger charge is -2.34. The van der Waals surface area contributed by atoms with Crippen LogP contribution in [0.3, 0.4) is 0 Å². The number of halogens is 1. The molecule has 1 amide bonds. The molecule has 9 heteroatoms. The van der Waals surface area contributed by atoms with E-state index >= 15 is 0 Å². The van der Waals surface area contributed by atoms with E-state index in [4.69, 9.17) is 0 Å². The van der Waals surface area contributed by atoms with Crippen molar-refractivity contribution in [3.63, 3.8) is 0 Å². The Labute approximate surface area is 175 Å². The quantitative estimate of drug-likeness (QED) is 0.672. The molecular formula is C21H23FN2O5S. The van der Waals surface area contributed by atoms with E-state index in [0.29, 0.717) is 11.1 Å². The minimum absolute atomic E-state index is 0.0523. The average Bonchev–Trinajstić information content (AvgIpc) is 2.75. The zero-order valence-electron chi connectivity index (χ0n) is 16.8. The van der Waals surface area contributed by atoms with Crippen molar-refractivity contribution in [2.45, 2.75) is 18.2 Å². The third kappa shape index (κ3) is 4.68. The Hall–Kier alpha value is -2.78. The molecule has 0 saturated carbocycles. The van der Waals surface area contributed by atoms with E-state index in [1.807, 2.05) is 0 Å². The highest BCUT2D eigenvalue weighted by molar-refractivity contribution is 7.89. The minimum Gasteiger partial charge on any atom is -0.465 e. The van der Waals surface area contributed by atoms with Gasteiger partial charge in [0, 0.05) is 26.2 Å². The minimum atomic E-state index is -3.82. The van der Waals surface area contributed by atoms with Gasteiger partial charge in [0.05, 0.1) is 24.0 Å². The van der Waals surface area contributed by atoms with Gasteiger partial charge in [-0.15, -0.1) is 0 Å². The van der Waals surface area contributed by atoms with Crippen LogP contribution < -0.4 is 0 Å². The fourth-order valence-electron chi connectivity index (χ4n) is 3.33. The number of benzene rings is 2.